The Morgan fingerprint density at radius 2 is 1.95 bits per heavy atom. The summed E-state index contributed by atoms with van der Waals surface area (Å²) >= 11 is 0. The Hall–Kier alpha value is -1.85. The molecule has 0 aliphatic carbocycles. The van der Waals surface area contributed by atoms with E-state index < -0.39 is 35.5 Å². The molecule has 0 N–H and O–H groups in total. The number of ether oxygens (including phenoxy) is 1. The summed E-state index contributed by atoms with van der Waals surface area (Å²) in [7, 11) is 0. The molecule has 20 heavy (non-hydrogen) atoms. The molecule has 1 fully saturated rings. The van der Waals surface area contributed by atoms with Gasteiger partial charge in [0.2, 0.25) is 0 Å². The van der Waals surface area contributed by atoms with Gasteiger partial charge in [0.25, 0.3) is 5.78 Å². The Labute approximate surface area is 113 Å². The lowest BCUT2D eigenvalue weighted by molar-refractivity contribution is -0.149. The number of hydrogen-bond donors (Lipinski definition) is 0. The van der Waals surface area contributed by atoms with E-state index in [1.54, 1.807) is 0 Å². The Kier molecular flexibility index (Phi) is 3.83. The third kappa shape index (κ3) is 2.69. The summed E-state index contributed by atoms with van der Waals surface area (Å²) in [5.41, 5.74) is -0.661. The van der Waals surface area contributed by atoms with Gasteiger partial charge in [0.15, 0.2) is 0 Å². The van der Waals surface area contributed by atoms with Crippen molar-refractivity contribution in [2.45, 2.75) is 38.0 Å². The van der Waals surface area contributed by atoms with Crippen molar-refractivity contribution < 1.29 is 27.5 Å². The van der Waals surface area contributed by atoms with Gasteiger partial charge >= 0.3 is 12.1 Å². The second-order valence-electron chi connectivity index (χ2n) is 4.70. The SMILES string of the molecule is CCCC1OC(=O)C(=O)C1c1cccc(C(F)(F)F)c1. The zero-order valence-corrected chi connectivity index (χ0v) is 10.7. The van der Waals surface area contributed by atoms with Gasteiger partial charge in [0, 0.05) is 0 Å². The summed E-state index contributed by atoms with van der Waals surface area (Å²) in [6.07, 6.45) is -4.05. The van der Waals surface area contributed by atoms with Crippen molar-refractivity contribution in [2.75, 3.05) is 0 Å². The van der Waals surface area contributed by atoms with Crippen LogP contribution < -0.4 is 0 Å². The average molecular weight is 286 g/mol. The Bertz CT molecular complexity index is 537. The average Bonchev–Trinajstić information content (AvgIpc) is 2.65. The van der Waals surface area contributed by atoms with E-state index in [4.69, 9.17) is 4.74 Å². The van der Waals surface area contributed by atoms with Crippen LogP contribution in [0.25, 0.3) is 0 Å². The van der Waals surface area contributed by atoms with Crippen LogP contribution in [0.1, 0.15) is 36.8 Å². The normalized spacial score (nSPS) is 23.0. The third-order valence-corrected chi connectivity index (χ3v) is 3.26. The van der Waals surface area contributed by atoms with Crippen molar-refractivity contribution in [3.63, 3.8) is 0 Å². The minimum Gasteiger partial charge on any atom is -0.455 e. The number of esters is 1. The van der Waals surface area contributed by atoms with E-state index in [1.807, 2.05) is 6.92 Å². The fourth-order valence-corrected chi connectivity index (χ4v) is 2.34. The molecule has 0 spiro atoms. The van der Waals surface area contributed by atoms with Gasteiger partial charge in [0.1, 0.15) is 6.10 Å². The quantitative estimate of drug-likeness (QED) is 0.633. The topological polar surface area (TPSA) is 43.4 Å². The second-order valence-corrected chi connectivity index (χ2v) is 4.70. The molecule has 0 bridgehead atoms. The lowest BCUT2D eigenvalue weighted by Gasteiger charge is -2.17. The molecule has 1 saturated heterocycles. The first-order valence-corrected chi connectivity index (χ1v) is 6.26. The van der Waals surface area contributed by atoms with Crippen molar-refractivity contribution in [3.8, 4) is 0 Å². The fourth-order valence-electron chi connectivity index (χ4n) is 2.34. The molecule has 6 heteroatoms. The van der Waals surface area contributed by atoms with Gasteiger partial charge in [-0.1, -0.05) is 31.5 Å². The van der Waals surface area contributed by atoms with E-state index in [9.17, 15) is 22.8 Å². The number of alkyl halides is 3. The number of rotatable bonds is 3. The van der Waals surface area contributed by atoms with Crippen LogP contribution in [-0.2, 0) is 20.5 Å². The van der Waals surface area contributed by atoms with E-state index in [2.05, 4.69) is 0 Å². The van der Waals surface area contributed by atoms with Crippen LogP contribution >= 0.6 is 0 Å². The largest absolute Gasteiger partial charge is 0.455 e. The maximum atomic E-state index is 12.7. The molecule has 2 atom stereocenters. The smallest absolute Gasteiger partial charge is 0.416 e. The summed E-state index contributed by atoms with van der Waals surface area (Å²) < 4.78 is 43.0. The molecule has 0 amide bonds. The fraction of sp³-hybridized carbons (Fsp3) is 0.429. The first kappa shape index (κ1) is 14.6. The molecular weight excluding hydrogens is 273 g/mol. The highest BCUT2D eigenvalue weighted by Gasteiger charge is 2.44. The van der Waals surface area contributed by atoms with Crippen molar-refractivity contribution in [1.82, 2.24) is 0 Å². The zero-order valence-electron chi connectivity index (χ0n) is 10.7. The Morgan fingerprint density at radius 1 is 1.25 bits per heavy atom. The molecule has 108 valence electrons. The van der Waals surface area contributed by atoms with Crippen LogP contribution in [0.2, 0.25) is 0 Å². The van der Waals surface area contributed by atoms with Gasteiger partial charge in [-0.2, -0.15) is 13.2 Å². The summed E-state index contributed by atoms with van der Waals surface area (Å²) in [4.78, 5) is 23.1. The van der Waals surface area contributed by atoms with Crippen LogP contribution in [0, 0.1) is 0 Å². The molecule has 1 aromatic carbocycles. The van der Waals surface area contributed by atoms with E-state index in [-0.39, 0.29) is 5.56 Å². The highest BCUT2D eigenvalue weighted by molar-refractivity contribution is 6.37. The number of ketones is 1. The standard InChI is InChI=1S/C14H13F3O3/c1-2-4-10-11(12(18)13(19)20-10)8-5-3-6-9(7-8)14(15,16)17/h3,5-7,10-11H,2,4H2,1H3. The van der Waals surface area contributed by atoms with E-state index in [1.165, 1.54) is 12.1 Å². The summed E-state index contributed by atoms with van der Waals surface area (Å²) in [5, 5.41) is 0. The van der Waals surface area contributed by atoms with Crippen LogP contribution in [0.4, 0.5) is 13.2 Å². The number of carbonyl (C=O) groups excluding carboxylic acids is 2. The van der Waals surface area contributed by atoms with E-state index in [0.29, 0.717) is 12.8 Å². The maximum Gasteiger partial charge on any atom is 0.416 e. The molecule has 1 heterocycles. The van der Waals surface area contributed by atoms with Gasteiger partial charge in [-0.25, -0.2) is 4.79 Å². The van der Waals surface area contributed by atoms with Crippen molar-refractivity contribution >= 4 is 11.8 Å². The number of cyclic esters (lactones) is 1. The number of benzene rings is 1. The molecule has 0 aromatic heterocycles. The number of carbonyl (C=O) groups is 2. The molecule has 2 unspecified atom stereocenters. The molecule has 2 rings (SSSR count). The highest BCUT2D eigenvalue weighted by Crippen LogP contribution is 2.36. The van der Waals surface area contributed by atoms with Crippen LogP contribution in [0.3, 0.4) is 0 Å². The summed E-state index contributed by atoms with van der Waals surface area (Å²) in [6, 6.07) is 4.49. The summed E-state index contributed by atoms with van der Waals surface area (Å²) in [5.74, 6) is -2.68. The predicted octanol–water partition coefficient (Wildman–Crippen LogP) is 3.08. The first-order chi connectivity index (χ1) is 9.34. The molecule has 0 radical (unpaired) electrons. The lowest BCUT2D eigenvalue weighted by Crippen LogP contribution is -2.19. The highest BCUT2D eigenvalue weighted by atomic mass is 19.4. The van der Waals surface area contributed by atoms with Crippen LogP contribution in [0.5, 0.6) is 0 Å². The van der Waals surface area contributed by atoms with Crippen molar-refractivity contribution in [1.29, 1.82) is 0 Å². The monoisotopic (exact) mass is 286 g/mol. The van der Waals surface area contributed by atoms with Crippen molar-refractivity contribution in [2.24, 2.45) is 0 Å². The zero-order chi connectivity index (χ0) is 14.9. The molecular formula is C14H13F3O3. The number of halogens is 3. The van der Waals surface area contributed by atoms with Gasteiger partial charge in [-0.15, -0.1) is 0 Å². The van der Waals surface area contributed by atoms with Crippen LogP contribution in [0.15, 0.2) is 24.3 Å². The molecule has 0 saturated carbocycles. The minimum absolute atomic E-state index is 0.175. The van der Waals surface area contributed by atoms with Gasteiger partial charge in [0.05, 0.1) is 11.5 Å². The maximum absolute atomic E-state index is 12.7. The van der Waals surface area contributed by atoms with E-state index in [0.717, 1.165) is 12.1 Å². The van der Waals surface area contributed by atoms with Gasteiger partial charge in [-0.3, -0.25) is 4.79 Å². The van der Waals surface area contributed by atoms with Gasteiger partial charge in [-0.05, 0) is 18.1 Å². The number of Topliss-reactive ketones (excluding diaryl/α,β-unsaturated/α-hetero) is 1. The molecule has 3 nitrogen and oxygen atoms in total. The van der Waals surface area contributed by atoms with E-state index >= 15 is 0 Å². The predicted molar refractivity (Wildman–Crippen MR) is 64.0 cm³/mol. The molecule has 1 aromatic rings. The molecule has 1 aliphatic heterocycles. The van der Waals surface area contributed by atoms with Crippen LogP contribution in [-0.4, -0.2) is 17.9 Å². The van der Waals surface area contributed by atoms with Gasteiger partial charge < -0.3 is 4.74 Å². The second kappa shape index (κ2) is 5.26. The van der Waals surface area contributed by atoms with Crippen molar-refractivity contribution in [3.05, 3.63) is 35.4 Å². The Morgan fingerprint density at radius 3 is 2.55 bits per heavy atom. The minimum atomic E-state index is -4.48. The number of hydrogen-bond acceptors (Lipinski definition) is 3. The third-order valence-electron chi connectivity index (χ3n) is 3.26. The Balaban J connectivity index is 2.38. The summed E-state index contributed by atoms with van der Waals surface area (Å²) in [6.45, 7) is 1.85. The first-order valence-electron chi connectivity index (χ1n) is 6.26. The molecule has 1 aliphatic rings. The lowest BCUT2D eigenvalue weighted by atomic mass is 9.88.